The van der Waals surface area contributed by atoms with Gasteiger partial charge in [0, 0.05) is 42.8 Å². The Kier molecular flexibility index (Phi) is 3.79. The smallest absolute Gasteiger partial charge is 0.271 e. The van der Waals surface area contributed by atoms with Crippen molar-refractivity contribution in [3.63, 3.8) is 0 Å². The number of hydrogen-bond acceptors (Lipinski definition) is 4. The molecule has 2 aliphatic rings. The summed E-state index contributed by atoms with van der Waals surface area (Å²) in [7, 11) is 0. The van der Waals surface area contributed by atoms with E-state index in [2.05, 4.69) is 9.88 Å². The van der Waals surface area contributed by atoms with E-state index in [-0.39, 0.29) is 11.7 Å². The van der Waals surface area contributed by atoms with Gasteiger partial charge in [-0.1, -0.05) is 12.1 Å². The molecule has 1 amide bonds. The van der Waals surface area contributed by atoms with E-state index in [0.29, 0.717) is 28.0 Å². The van der Waals surface area contributed by atoms with Crippen LogP contribution in [0.3, 0.4) is 0 Å². The number of carbonyl (C=O) groups is 1. The molecule has 5 nitrogen and oxygen atoms in total. The number of halogens is 1. The Morgan fingerprint density at radius 3 is 3.00 bits per heavy atom. The molecule has 1 aromatic carbocycles. The second kappa shape index (κ2) is 6.17. The fourth-order valence-corrected chi connectivity index (χ4v) is 4.92. The molecule has 2 saturated heterocycles. The standard InChI is InChI=1S/C19H19FN4OS/c20-15-6-2-1-5-14(15)16-11-24-17(12-26-19(24)21-16)18(25)23-9-8-22-7-3-4-13(22)10-23/h1-2,5-6,11-13H,3-4,7-10H2. The Bertz CT molecular complexity index is 981. The predicted molar refractivity (Wildman–Crippen MR) is 99.0 cm³/mol. The molecule has 5 rings (SSSR count). The van der Waals surface area contributed by atoms with Crippen LogP contribution < -0.4 is 0 Å². The van der Waals surface area contributed by atoms with Crippen molar-refractivity contribution >= 4 is 22.2 Å². The fourth-order valence-electron chi connectivity index (χ4n) is 4.07. The molecular weight excluding hydrogens is 351 g/mol. The summed E-state index contributed by atoms with van der Waals surface area (Å²) in [5.41, 5.74) is 1.64. The molecule has 0 bridgehead atoms. The Morgan fingerprint density at radius 2 is 2.12 bits per heavy atom. The molecule has 3 aromatic rings. The number of amides is 1. The summed E-state index contributed by atoms with van der Waals surface area (Å²) in [5, 5.41) is 1.86. The monoisotopic (exact) mass is 370 g/mol. The second-order valence-corrected chi connectivity index (χ2v) is 7.80. The lowest BCUT2D eigenvalue weighted by atomic mass is 10.1. The van der Waals surface area contributed by atoms with E-state index in [0.717, 1.165) is 26.2 Å². The molecule has 0 saturated carbocycles. The van der Waals surface area contributed by atoms with Crippen molar-refractivity contribution < 1.29 is 9.18 Å². The van der Waals surface area contributed by atoms with Crippen molar-refractivity contribution in [2.24, 2.45) is 0 Å². The first-order chi connectivity index (χ1) is 12.7. The molecule has 1 atom stereocenters. The predicted octanol–water partition coefficient (Wildman–Crippen LogP) is 3.12. The number of carbonyl (C=O) groups excluding carboxylic acids is 1. The van der Waals surface area contributed by atoms with Gasteiger partial charge in [-0.15, -0.1) is 11.3 Å². The zero-order valence-corrected chi connectivity index (χ0v) is 15.1. The van der Waals surface area contributed by atoms with Gasteiger partial charge in [-0.2, -0.15) is 0 Å². The first kappa shape index (κ1) is 16.0. The van der Waals surface area contributed by atoms with Gasteiger partial charge >= 0.3 is 0 Å². The zero-order valence-electron chi connectivity index (χ0n) is 14.3. The third kappa shape index (κ3) is 2.54. The molecule has 1 unspecified atom stereocenters. The topological polar surface area (TPSA) is 40.9 Å². The number of hydrogen-bond donors (Lipinski definition) is 0. The SMILES string of the molecule is O=C(c1csc2nc(-c3ccccc3F)cn12)N1CCN2CCCC2C1. The zero-order chi connectivity index (χ0) is 17.7. The number of imidazole rings is 1. The first-order valence-electron chi connectivity index (χ1n) is 8.95. The minimum Gasteiger partial charge on any atom is -0.334 e. The molecule has 2 aromatic heterocycles. The van der Waals surface area contributed by atoms with E-state index < -0.39 is 0 Å². The maximum absolute atomic E-state index is 14.1. The van der Waals surface area contributed by atoms with Crippen LogP contribution in [0.4, 0.5) is 4.39 Å². The largest absolute Gasteiger partial charge is 0.334 e. The summed E-state index contributed by atoms with van der Waals surface area (Å²) in [6.07, 6.45) is 4.16. The van der Waals surface area contributed by atoms with Gasteiger partial charge in [0.2, 0.25) is 0 Å². The third-order valence-corrected chi connectivity index (χ3v) is 6.29. The van der Waals surface area contributed by atoms with Gasteiger partial charge in [0.1, 0.15) is 11.5 Å². The summed E-state index contributed by atoms with van der Waals surface area (Å²) < 4.78 is 15.9. The molecular formula is C19H19FN4OS. The Labute approximate surface area is 154 Å². The summed E-state index contributed by atoms with van der Waals surface area (Å²) in [6, 6.07) is 7.09. The molecule has 2 fully saturated rings. The van der Waals surface area contributed by atoms with E-state index >= 15 is 0 Å². The molecule has 134 valence electrons. The highest BCUT2D eigenvalue weighted by Gasteiger charge is 2.33. The number of thiazole rings is 1. The number of benzene rings is 1. The van der Waals surface area contributed by atoms with Gasteiger partial charge < -0.3 is 4.90 Å². The van der Waals surface area contributed by atoms with Gasteiger partial charge in [0.05, 0.1) is 5.69 Å². The lowest BCUT2D eigenvalue weighted by Gasteiger charge is -2.37. The van der Waals surface area contributed by atoms with Crippen LogP contribution in [-0.2, 0) is 0 Å². The molecule has 0 radical (unpaired) electrons. The maximum atomic E-state index is 14.1. The molecule has 0 spiro atoms. The second-order valence-electron chi connectivity index (χ2n) is 6.96. The van der Waals surface area contributed by atoms with Crippen molar-refractivity contribution in [3.8, 4) is 11.3 Å². The van der Waals surface area contributed by atoms with Crippen molar-refractivity contribution in [3.05, 3.63) is 47.4 Å². The van der Waals surface area contributed by atoms with Crippen LogP contribution in [0.2, 0.25) is 0 Å². The van der Waals surface area contributed by atoms with Crippen LogP contribution in [0.25, 0.3) is 16.2 Å². The van der Waals surface area contributed by atoms with E-state index in [9.17, 15) is 9.18 Å². The van der Waals surface area contributed by atoms with Gasteiger partial charge in [-0.3, -0.25) is 14.1 Å². The molecule has 0 N–H and O–H groups in total. The maximum Gasteiger partial charge on any atom is 0.271 e. The first-order valence-corrected chi connectivity index (χ1v) is 9.83. The lowest BCUT2D eigenvalue weighted by Crippen LogP contribution is -2.52. The van der Waals surface area contributed by atoms with Crippen LogP contribution in [0.5, 0.6) is 0 Å². The normalized spacial score (nSPS) is 20.7. The molecule has 0 aliphatic carbocycles. The molecule has 4 heterocycles. The quantitative estimate of drug-likeness (QED) is 0.696. The van der Waals surface area contributed by atoms with Crippen LogP contribution in [-0.4, -0.2) is 57.3 Å². The highest BCUT2D eigenvalue weighted by Crippen LogP contribution is 2.27. The van der Waals surface area contributed by atoms with E-state index in [1.165, 1.54) is 30.2 Å². The van der Waals surface area contributed by atoms with Gasteiger partial charge in [-0.25, -0.2) is 9.37 Å². The van der Waals surface area contributed by atoms with Crippen molar-refractivity contribution in [2.75, 3.05) is 26.2 Å². The average Bonchev–Trinajstić information content (AvgIpc) is 3.36. The molecule has 7 heteroatoms. The van der Waals surface area contributed by atoms with Crippen molar-refractivity contribution in [1.82, 2.24) is 19.2 Å². The van der Waals surface area contributed by atoms with Crippen molar-refractivity contribution in [2.45, 2.75) is 18.9 Å². The minimum atomic E-state index is -0.302. The third-order valence-electron chi connectivity index (χ3n) is 5.45. The Balaban J connectivity index is 1.46. The van der Waals surface area contributed by atoms with E-state index in [1.807, 2.05) is 10.3 Å². The van der Waals surface area contributed by atoms with Gasteiger partial charge in [0.25, 0.3) is 5.91 Å². The number of rotatable bonds is 2. The summed E-state index contributed by atoms with van der Waals surface area (Å²) in [6.45, 7) is 3.67. The Morgan fingerprint density at radius 1 is 1.23 bits per heavy atom. The van der Waals surface area contributed by atoms with Crippen LogP contribution in [0.15, 0.2) is 35.8 Å². The summed E-state index contributed by atoms with van der Waals surface area (Å²) in [4.78, 5) is 22.7. The average molecular weight is 370 g/mol. The lowest BCUT2D eigenvalue weighted by molar-refractivity contribution is 0.0565. The van der Waals surface area contributed by atoms with Crippen LogP contribution in [0.1, 0.15) is 23.3 Å². The van der Waals surface area contributed by atoms with Gasteiger partial charge in [-0.05, 0) is 31.5 Å². The number of nitrogens with zero attached hydrogens (tertiary/aromatic N) is 4. The van der Waals surface area contributed by atoms with E-state index in [1.54, 1.807) is 28.8 Å². The highest BCUT2D eigenvalue weighted by molar-refractivity contribution is 7.15. The van der Waals surface area contributed by atoms with Crippen LogP contribution in [0, 0.1) is 5.82 Å². The summed E-state index contributed by atoms with van der Waals surface area (Å²) in [5.74, 6) is -0.260. The Hall–Kier alpha value is -2.25. The highest BCUT2D eigenvalue weighted by atomic mass is 32.1. The van der Waals surface area contributed by atoms with Crippen LogP contribution >= 0.6 is 11.3 Å². The summed E-state index contributed by atoms with van der Waals surface area (Å²) >= 11 is 1.42. The van der Waals surface area contributed by atoms with E-state index in [4.69, 9.17) is 0 Å². The number of piperazine rings is 1. The number of fused-ring (bicyclic) bond motifs is 2. The van der Waals surface area contributed by atoms with Gasteiger partial charge in [0.15, 0.2) is 4.96 Å². The molecule has 2 aliphatic heterocycles. The van der Waals surface area contributed by atoms with Crippen molar-refractivity contribution in [1.29, 1.82) is 0 Å². The molecule has 26 heavy (non-hydrogen) atoms. The fraction of sp³-hybridized carbons (Fsp3) is 0.368. The number of aromatic nitrogens is 2. The minimum absolute atomic E-state index is 0.0419.